The standard InChI is InChI=1S/C13H14ClNO3/c1-7(8-2-4-9(14)5-3-8)15-12(16)10-6-11(10)13(17)18/h2-5,7,10-11H,6H2,1H3,(H,15,16)(H,17,18)/t7-,10+,11-/m0/s1. The first kappa shape index (κ1) is 12.9. The van der Waals surface area contributed by atoms with Gasteiger partial charge in [0, 0.05) is 5.02 Å². The van der Waals surface area contributed by atoms with Gasteiger partial charge in [0.2, 0.25) is 5.91 Å². The molecule has 0 heterocycles. The predicted octanol–water partition coefficient (Wildman–Crippen LogP) is 2.24. The zero-order chi connectivity index (χ0) is 13.3. The molecule has 0 spiro atoms. The number of hydrogen-bond donors (Lipinski definition) is 2. The third kappa shape index (κ3) is 2.82. The van der Waals surface area contributed by atoms with E-state index in [0.29, 0.717) is 11.4 Å². The highest BCUT2D eigenvalue weighted by atomic mass is 35.5. The fraction of sp³-hybridized carbons (Fsp3) is 0.385. The minimum absolute atomic E-state index is 0.148. The van der Waals surface area contributed by atoms with Crippen molar-refractivity contribution in [3.05, 3.63) is 34.9 Å². The van der Waals surface area contributed by atoms with Gasteiger partial charge in [-0.25, -0.2) is 0 Å². The van der Waals surface area contributed by atoms with Crippen LogP contribution >= 0.6 is 11.6 Å². The van der Waals surface area contributed by atoms with Crippen molar-refractivity contribution in [1.29, 1.82) is 0 Å². The highest BCUT2D eigenvalue weighted by molar-refractivity contribution is 6.30. The van der Waals surface area contributed by atoms with Crippen LogP contribution < -0.4 is 5.32 Å². The number of amides is 1. The summed E-state index contributed by atoms with van der Waals surface area (Å²) in [5.41, 5.74) is 0.945. The topological polar surface area (TPSA) is 66.4 Å². The maximum atomic E-state index is 11.8. The minimum Gasteiger partial charge on any atom is -0.481 e. The Morgan fingerprint density at radius 3 is 2.44 bits per heavy atom. The van der Waals surface area contributed by atoms with Crippen LogP contribution in [0.4, 0.5) is 0 Å². The van der Waals surface area contributed by atoms with Gasteiger partial charge in [0.05, 0.1) is 17.9 Å². The second kappa shape index (κ2) is 4.98. The van der Waals surface area contributed by atoms with Crippen molar-refractivity contribution in [3.8, 4) is 0 Å². The zero-order valence-electron chi connectivity index (χ0n) is 9.89. The smallest absolute Gasteiger partial charge is 0.307 e. The summed E-state index contributed by atoms with van der Waals surface area (Å²) in [6, 6.07) is 7.06. The van der Waals surface area contributed by atoms with Gasteiger partial charge in [-0.3, -0.25) is 9.59 Å². The Labute approximate surface area is 110 Å². The first-order valence-electron chi connectivity index (χ1n) is 5.77. The third-order valence-corrected chi connectivity index (χ3v) is 3.43. The second-order valence-corrected chi connectivity index (χ2v) is 5.01. The zero-order valence-corrected chi connectivity index (χ0v) is 10.6. The van der Waals surface area contributed by atoms with E-state index in [1.165, 1.54) is 0 Å². The molecule has 1 fully saturated rings. The van der Waals surface area contributed by atoms with Gasteiger partial charge in [-0.2, -0.15) is 0 Å². The van der Waals surface area contributed by atoms with Crippen molar-refractivity contribution >= 4 is 23.5 Å². The van der Waals surface area contributed by atoms with Crippen LogP contribution in [0.25, 0.3) is 0 Å². The number of benzene rings is 1. The lowest BCUT2D eigenvalue weighted by molar-refractivity contribution is -0.140. The van der Waals surface area contributed by atoms with E-state index < -0.39 is 11.9 Å². The van der Waals surface area contributed by atoms with Crippen LogP contribution in [0.15, 0.2) is 24.3 Å². The first-order chi connectivity index (χ1) is 8.49. The number of carbonyl (C=O) groups excluding carboxylic acids is 1. The Hall–Kier alpha value is -1.55. The van der Waals surface area contributed by atoms with Crippen molar-refractivity contribution in [1.82, 2.24) is 5.32 Å². The fourth-order valence-corrected chi connectivity index (χ4v) is 2.04. The van der Waals surface area contributed by atoms with Crippen molar-refractivity contribution in [2.75, 3.05) is 0 Å². The molecule has 18 heavy (non-hydrogen) atoms. The van der Waals surface area contributed by atoms with E-state index >= 15 is 0 Å². The lowest BCUT2D eigenvalue weighted by Gasteiger charge is -2.14. The molecular weight excluding hydrogens is 254 g/mol. The molecule has 1 aliphatic carbocycles. The van der Waals surface area contributed by atoms with Crippen LogP contribution in [0.5, 0.6) is 0 Å². The Morgan fingerprint density at radius 1 is 1.33 bits per heavy atom. The van der Waals surface area contributed by atoms with E-state index in [1.807, 2.05) is 19.1 Å². The van der Waals surface area contributed by atoms with E-state index in [1.54, 1.807) is 12.1 Å². The molecule has 0 aliphatic heterocycles. The predicted molar refractivity (Wildman–Crippen MR) is 67.2 cm³/mol. The van der Waals surface area contributed by atoms with Crippen LogP contribution in [0.1, 0.15) is 24.9 Å². The van der Waals surface area contributed by atoms with Crippen LogP contribution in [0.2, 0.25) is 5.02 Å². The summed E-state index contributed by atoms with van der Waals surface area (Å²) in [5.74, 6) is -1.97. The van der Waals surface area contributed by atoms with Gasteiger partial charge >= 0.3 is 5.97 Å². The van der Waals surface area contributed by atoms with Gasteiger partial charge in [0.15, 0.2) is 0 Å². The average molecular weight is 268 g/mol. The van der Waals surface area contributed by atoms with E-state index in [2.05, 4.69) is 5.32 Å². The molecule has 0 bridgehead atoms. The number of carboxylic acid groups (broad SMARTS) is 1. The maximum absolute atomic E-state index is 11.8. The summed E-state index contributed by atoms with van der Waals surface area (Å²) in [6.07, 6.45) is 0.439. The lowest BCUT2D eigenvalue weighted by Crippen LogP contribution is -2.29. The molecule has 0 unspecified atom stereocenters. The number of halogens is 1. The maximum Gasteiger partial charge on any atom is 0.307 e. The van der Waals surface area contributed by atoms with Crippen LogP contribution in [-0.4, -0.2) is 17.0 Å². The molecule has 1 aromatic rings. The second-order valence-electron chi connectivity index (χ2n) is 4.57. The van der Waals surface area contributed by atoms with Crippen molar-refractivity contribution in [2.24, 2.45) is 11.8 Å². The van der Waals surface area contributed by atoms with Crippen LogP contribution in [0.3, 0.4) is 0 Å². The summed E-state index contributed by atoms with van der Waals surface area (Å²) in [5, 5.41) is 12.2. The lowest BCUT2D eigenvalue weighted by atomic mass is 10.1. The van der Waals surface area contributed by atoms with E-state index in [0.717, 1.165) is 5.56 Å². The van der Waals surface area contributed by atoms with Gasteiger partial charge in [-0.1, -0.05) is 23.7 Å². The van der Waals surface area contributed by atoms with Gasteiger partial charge in [-0.15, -0.1) is 0 Å². The Kier molecular flexibility index (Phi) is 3.57. The number of aliphatic carboxylic acids is 1. The summed E-state index contributed by atoms with van der Waals surface area (Å²) < 4.78 is 0. The van der Waals surface area contributed by atoms with Gasteiger partial charge in [0.1, 0.15) is 0 Å². The average Bonchev–Trinajstić information content (AvgIpc) is 3.09. The molecule has 5 heteroatoms. The third-order valence-electron chi connectivity index (χ3n) is 3.17. The number of nitrogens with one attached hydrogen (secondary N) is 1. The summed E-state index contributed by atoms with van der Waals surface area (Å²) in [4.78, 5) is 22.4. The van der Waals surface area contributed by atoms with Crippen LogP contribution in [-0.2, 0) is 9.59 Å². The number of carbonyl (C=O) groups is 2. The largest absolute Gasteiger partial charge is 0.481 e. The highest BCUT2D eigenvalue weighted by Gasteiger charge is 2.48. The van der Waals surface area contributed by atoms with E-state index in [4.69, 9.17) is 16.7 Å². The SMILES string of the molecule is C[C@H](NC(=O)[C@@H]1C[C@@H]1C(=O)O)c1ccc(Cl)cc1. The van der Waals surface area contributed by atoms with Gasteiger partial charge < -0.3 is 10.4 Å². The summed E-state index contributed by atoms with van der Waals surface area (Å²) in [7, 11) is 0. The molecule has 1 aromatic carbocycles. The molecule has 1 amide bonds. The highest BCUT2D eigenvalue weighted by Crippen LogP contribution is 2.39. The molecule has 96 valence electrons. The van der Waals surface area contributed by atoms with Crippen molar-refractivity contribution in [3.63, 3.8) is 0 Å². The summed E-state index contributed by atoms with van der Waals surface area (Å²) in [6.45, 7) is 1.86. The molecule has 1 saturated carbocycles. The first-order valence-corrected chi connectivity index (χ1v) is 6.15. The molecule has 0 radical (unpaired) electrons. The normalized spacial score (nSPS) is 23.2. The van der Waals surface area contributed by atoms with Gasteiger partial charge in [0.25, 0.3) is 0 Å². The molecular formula is C13H14ClNO3. The fourth-order valence-electron chi connectivity index (χ4n) is 1.91. The van der Waals surface area contributed by atoms with Crippen molar-refractivity contribution < 1.29 is 14.7 Å². The number of carboxylic acids is 1. The molecule has 2 N–H and O–H groups in total. The van der Waals surface area contributed by atoms with Crippen LogP contribution in [0, 0.1) is 11.8 Å². The minimum atomic E-state index is -0.894. The quantitative estimate of drug-likeness (QED) is 0.879. The molecule has 1 aliphatic rings. The van der Waals surface area contributed by atoms with Crippen molar-refractivity contribution in [2.45, 2.75) is 19.4 Å². The Bertz CT molecular complexity index is 472. The van der Waals surface area contributed by atoms with E-state index in [-0.39, 0.29) is 17.9 Å². The number of hydrogen-bond acceptors (Lipinski definition) is 2. The van der Waals surface area contributed by atoms with Gasteiger partial charge in [-0.05, 0) is 31.0 Å². The number of rotatable bonds is 4. The monoisotopic (exact) mass is 267 g/mol. The Balaban J connectivity index is 1.92. The molecule has 4 nitrogen and oxygen atoms in total. The molecule has 0 saturated heterocycles. The molecule has 0 aromatic heterocycles. The molecule has 3 atom stereocenters. The Morgan fingerprint density at radius 2 is 1.94 bits per heavy atom. The molecule has 2 rings (SSSR count). The van der Waals surface area contributed by atoms with E-state index in [9.17, 15) is 9.59 Å². The summed E-state index contributed by atoms with van der Waals surface area (Å²) >= 11 is 5.78.